The van der Waals surface area contributed by atoms with Crippen LogP contribution in [0.4, 0.5) is 0 Å². The summed E-state index contributed by atoms with van der Waals surface area (Å²) in [7, 11) is 3.24. The van der Waals surface area contributed by atoms with Crippen LogP contribution in [0.3, 0.4) is 0 Å². The van der Waals surface area contributed by atoms with Crippen molar-refractivity contribution in [3.8, 4) is 5.75 Å². The van der Waals surface area contributed by atoms with Crippen molar-refractivity contribution in [2.75, 3.05) is 20.8 Å². The second-order valence-corrected chi connectivity index (χ2v) is 5.16. The van der Waals surface area contributed by atoms with E-state index in [2.05, 4.69) is 0 Å². The summed E-state index contributed by atoms with van der Waals surface area (Å²) in [4.78, 5) is 12.5. The van der Waals surface area contributed by atoms with Crippen molar-refractivity contribution in [2.24, 2.45) is 5.73 Å². The molecule has 0 fully saturated rings. The van der Waals surface area contributed by atoms with Gasteiger partial charge in [0.25, 0.3) is 5.56 Å². The van der Waals surface area contributed by atoms with Crippen molar-refractivity contribution in [3.05, 3.63) is 63.6 Å². The predicted octanol–water partition coefficient (Wildman–Crippen LogP) is 1.86. The summed E-state index contributed by atoms with van der Waals surface area (Å²) < 4.78 is 11.9. The maximum absolute atomic E-state index is 12.5. The van der Waals surface area contributed by atoms with E-state index in [0.717, 1.165) is 16.9 Å². The first-order valence-corrected chi connectivity index (χ1v) is 7.17. The second kappa shape index (κ2) is 7.24. The largest absolute Gasteiger partial charge is 0.496 e. The number of rotatable bonds is 6. The molecular formula is C17H22N2O3. The number of nitrogens with two attached hydrogens (primary N) is 1. The number of benzene rings is 1. The average molecular weight is 302 g/mol. The number of hydrogen-bond donors (Lipinski definition) is 1. The van der Waals surface area contributed by atoms with E-state index in [0.29, 0.717) is 18.7 Å². The molecule has 1 aromatic carbocycles. The first kappa shape index (κ1) is 16.3. The van der Waals surface area contributed by atoms with Gasteiger partial charge >= 0.3 is 0 Å². The predicted molar refractivity (Wildman–Crippen MR) is 86.3 cm³/mol. The molecule has 2 N–H and O–H groups in total. The van der Waals surface area contributed by atoms with Crippen molar-refractivity contribution in [1.29, 1.82) is 0 Å². The Labute approximate surface area is 130 Å². The standard InChI is InChI=1S/C17H22N2O3/c1-12-11-13(6-7-15(12)22-3)16(18)14-5-4-8-19(17(14)20)9-10-21-2/h4-8,11,16H,9-10,18H2,1-3H3. The Morgan fingerprint density at radius 1 is 1.27 bits per heavy atom. The highest BCUT2D eigenvalue weighted by molar-refractivity contribution is 5.40. The highest BCUT2D eigenvalue weighted by Gasteiger charge is 2.15. The first-order valence-electron chi connectivity index (χ1n) is 7.17. The molecule has 1 heterocycles. The molecule has 5 heteroatoms. The van der Waals surface area contributed by atoms with Gasteiger partial charge in [0.2, 0.25) is 0 Å². The number of aromatic nitrogens is 1. The maximum atomic E-state index is 12.5. The zero-order chi connectivity index (χ0) is 16.1. The molecule has 1 atom stereocenters. The molecule has 0 aliphatic heterocycles. The van der Waals surface area contributed by atoms with Gasteiger partial charge in [0.1, 0.15) is 5.75 Å². The van der Waals surface area contributed by atoms with Crippen molar-refractivity contribution in [1.82, 2.24) is 4.57 Å². The summed E-state index contributed by atoms with van der Waals surface area (Å²) in [5, 5.41) is 0. The third-order valence-electron chi connectivity index (χ3n) is 3.70. The Balaban J connectivity index is 2.35. The summed E-state index contributed by atoms with van der Waals surface area (Å²) in [5.41, 5.74) is 8.66. The Morgan fingerprint density at radius 2 is 2.05 bits per heavy atom. The Kier molecular flexibility index (Phi) is 5.35. The molecule has 0 saturated heterocycles. The molecule has 22 heavy (non-hydrogen) atoms. The van der Waals surface area contributed by atoms with E-state index < -0.39 is 6.04 Å². The third-order valence-corrected chi connectivity index (χ3v) is 3.70. The topological polar surface area (TPSA) is 66.5 Å². The number of aryl methyl sites for hydroxylation is 1. The lowest BCUT2D eigenvalue weighted by atomic mass is 9.99. The van der Waals surface area contributed by atoms with Crippen LogP contribution in [0.15, 0.2) is 41.3 Å². The number of nitrogens with zero attached hydrogens (tertiary/aromatic N) is 1. The quantitative estimate of drug-likeness (QED) is 0.884. The minimum atomic E-state index is -0.466. The molecule has 1 unspecified atom stereocenters. The SMILES string of the molecule is COCCn1cccc(C(N)c2ccc(OC)c(C)c2)c1=O. The van der Waals surface area contributed by atoms with Gasteiger partial charge in [-0.3, -0.25) is 4.79 Å². The van der Waals surface area contributed by atoms with Crippen LogP contribution in [0, 0.1) is 6.92 Å². The molecule has 118 valence electrons. The van der Waals surface area contributed by atoms with Crippen molar-refractivity contribution in [3.63, 3.8) is 0 Å². The Hall–Kier alpha value is -2.11. The lowest BCUT2D eigenvalue weighted by Crippen LogP contribution is -2.29. The van der Waals surface area contributed by atoms with Crippen LogP contribution in [0.2, 0.25) is 0 Å². The summed E-state index contributed by atoms with van der Waals surface area (Å²) in [6.07, 6.45) is 1.75. The van der Waals surface area contributed by atoms with Gasteiger partial charge in [0.05, 0.1) is 19.8 Å². The number of methoxy groups -OCH3 is 2. The van der Waals surface area contributed by atoms with Gasteiger partial charge in [-0.2, -0.15) is 0 Å². The van der Waals surface area contributed by atoms with Crippen LogP contribution in [-0.2, 0) is 11.3 Å². The van der Waals surface area contributed by atoms with Crippen LogP contribution in [0.25, 0.3) is 0 Å². The number of hydrogen-bond acceptors (Lipinski definition) is 4. The summed E-state index contributed by atoms with van der Waals surface area (Å²) >= 11 is 0. The van der Waals surface area contributed by atoms with Crippen molar-refractivity contribution < 1.29 is 9.47 Å². The molecule has 2 rings (SSSR count). The van der Waals surface area contributed by atoms with Gasteiger partial charge in [0, 0.05) is 25.4 Å². The van der Waals surface area contributed by atoms with Gasteiger partial charge in [-0.05, 0) is 30.2 Å². The molecule has 5 nitrogen and oxygen atoms in total. The third kappa shape index (κ3) is 3.37. The van der Waals surface area contributed by atoms with Gasteiger partial charge in [-0.1, -0.05) is 18.2 Å². The second-order valence-electron chi connectivity index (χ2n) is 5.16. The van der Waals surface area contributed by atoms with Gasteiger partial charge < -0.3 is 19.8 Å². The van der Waals surface area contributed by atoms with E-state index in [1.54, 1.807) is 31.0 Å². The Morgan fingerprint density at radius 3 is 2.68 bits per heavy atom. The van der Waals surface area contributed by atoms with E-state index in [1.165, 1.54) is 0 Å². The van der Waals surface area contributed by atoms with Gasteiger partial charge in [-0.25, -0.2) is 0 Å². The lowest BCUT2D eigenvalue weighted by Gasteiger charge is -2.15. The van der Waals surface area contributed by atoms with Crippen LogP contribution in [0.1, 0.15) is 22.7 Å². The minimum absolute atomic E-state index is 0.0829. The minimum Gasteiger partial charge on any atom is -0.496 e. The van der Waals surface area contributed by atoms with Gasteiger partial charge in [0.15, 0.2) is 0 Å². The number of ether oxygens (including phenoxy) is 2. The number of pyridine rings is 1. The zero-order valence-electron chi connectivity index (χ0n) is 13.2. The smallest absolute Gasteiger partial charge is 0.255 e. The summed E-state index contributed by atoms with van der Waals surface area (Å²) in [6.45, 7) is 2.95. The molecule has 0 aliphatic carbocycles. The van der Waals surface area contributed by atoms with Crippen molar-refractivity contribution in [2.45, 2.75) is 19.5 Å². The molecule has 0 bridgehead atoms. The van der Waals surface area contributed by atoms with Crippen LogP contribution in [0.5, 0.6) is 5.75 Å². The molecular weight excluding hydrogens is 280 g/mol. The fraction of sp³-hybridized carbons (Fsp3) is 0.353. The summed E-state index contributed by atoms with van der Waals surface area (Å²) in [6, 6.07) is 8.86. The average Bonchev–Trinajstić information content (AvgIpc) is 2.53. The molecule has 0 radical (unpaired) electrons. The molecule has 0 aliphatic rings. The highest BCUT2D eigenvalue weighted by atomic mass is 16.5. The molecule has 2 aromatic rings. The maximum Gasteiger partial charge on any atom is 0.255 e. The van der Waals surface area contributed by atoms with Crippen molar-refractivity contribution >= 4 is 0 Å². The molecule has 0 saturated carbocycles. The normalized spacial score (nSPS) is 12.2. The fourth-order valence-electron chi connectivity index (χ4n) is 2.43. The summed E-state index contributed by atoms with van der Waals surface area (Å²) in [5.74, 6) is 0.807. The van der Waals surface area contributed by atoms with Crippen LogP contribution < -0.4 is 16.0 Å². The van der Waals surface area contributed by atoms with E-state index in [-0.39, 0.29) is 5.56 Å². The van der Waals surface area contributed by atoms with E-state index in [9.17, 15) is 4.79 Å². The fourth-order valence-corrected chi connectivity index (χ4v) is 2.43. The Bertz CT molecular complexity index is 695. The van der Waals surface area contributed by atoms with Gasteiger partial charge in [-0.15, -0.1) is 0 Å². The van der Waals surface area contributed by atoms with Crippen LogP contribution >= 0.6 is 0 Å². The van der Waals surface area contributed by atoms with Crippen LogP contribution in [-0.4, -0.2) is 25.4 Å². The highest BCUT2D eigenvalue weighted by Crippen LogP contribution is 2.23. The van der Waals surface area contributed by atoms with E-state index in [4.69, 9.17) is 15.2 Å². The van der Waals surface area contributed by atoms with E-state index >= 15 is 0 Å². The molecule has 1 aromatic heterocycles. The monoisotopic (exact) mass is 302 g/mol. The molecule has 0 spiro atoms. The lowest BCUT2D eigenvalue weighted by molar-refractivity contribution is 0.186. The first-order chi connectivity index (χ1) is 10.6. The molecule has 0 amide bonds. The van der Waals surface area contributed by atoms with E-state index in [1.807, 2.05) is 31.2 Å². The zero-order valence-corrected chi connectivity index (χ0v) is 13.2.